The molecule has 6 heteroatoms. The molecule has 0 unspecified atom stereocenters. The maximum absolute atomic E-state index is 11.3. The fourth-order valence-corrected chi connectivity index (χ4v) is 1.34. The van der Waals surface area contributed by atoms with Crippen LogP contribution in [0.15, 0.2) is 18.3 Å². The summed E-state index contributed by atoms with van der Waals surface area (Å²) in [7, 11) is 1.24. The fraction of sp³-hybridized carbons (Fsp3) is 0.250. The van der Waals surface area contributed by atoms with Crippen molar-refractivity contribution in [2.45, 2.75) is 0 Å². The molecule has 0 amide bonds. The standard InChI is InChI=1S/C12H12N2O4/c1-3-6-14(8-11(15)16)9-4-5-13-10(7-9)12(17)18-2/h1,4-5,7H,6,8H2,2H3,(H,15,16). The Labute approximate surface area is 104 Å². The number of aliphatic carboxylic acids is 1. The minimum absolute atomic E-state index is 0.0995. The SMILES string of the molecule is C#CCN(CC(=O)O)c1ccnc(C(=O)OC)c1. The number of ether oxygens (including phenoxy) is 1. The number of pyridine rings is 1. The van der Waals surface area contributed by atoms with Crippen molar-refractivity contribution in [3.8, 4) is 12.3 Å². The minimum Gasteiger partial charge on any atom is -0.480 e. The summed E-state index contributed by atoms with van der Waals surface area (Å²) < 4.78 is 4.54. The third-order valence-corrected chi connectivity index (χ3v) is 2.11. The predicted molar refractivity (Wildman–Crippen MR) is 64.3 cm³/mol. The van der Waals surface area contributed by atoms with Crippen molar-refractivity contribution in [2.75, 3.05) is 25.1 Å². The van der Waals surface area contributed by atoms with Crippen molar-refractivity contribution in [1.29, 1.82) is 0 Å². The number of esters is 1. The summed E-state index contributed by atoms with van der Waals surface area (Å²) in [4.78, 5) is 27.3. The highest BCUT2D eigenvalue weighted by atomic mass is 16.5. The minimum atomic E-state index is -1.01. The summed E-state index contributed by atoms with van der Waals surface area (Å²) in [5.74, 6) is 0.758. The van der Waals surface area contributed by atoms with Crippen molar-refractivity contribution < 1.29 is 19.4 Å². The monoisotopic (exact) mass is 248 g/mol. The van der Waals surface area contributed by atoms with Crippen molar-refractivity contribution in [2.24, 2.45) is 0 Å². The molecule has 0 aliphatic heterocycles. The van der Waals surface area contributed by atoms with Crippen LogP contribution in [0.2, 0.25) is 0 Å². The Balaban J connectivity index is 3.01. The van der Waals surface area contributed by atoms with Gasteiger partial charge in [-0.3, -0.25) is 4.79 Å². The number of hydrogen-bond acceptors (Lipinski definition) is 5. The summed E-state index contributed by atoms with van der Waals surface area (Å²) in [6, 6.07) is 3.01. The summed E-state index contributed by atoms with van der Waals surface area (Å²) in [5.41, 5.74) is 0.605. The molecule has 0 fully saturated rings. The molecule has 1 aromatic rings. The van der Waals surface area contributed by atoms with Crippen LogP contribution in [0, 0.1) is 12.3 Å². The summed E-state index contributed by atoms with van der Waals surface area (Å²) in [5, 5.41) is 8.78. The van der Waals surface area contributed by atoms with Gasteiger partial charge in [-0.15, -0.1) is 6.42 Å². The summed E-state index contributed by atoms with van der Waals surface area (Å²) in [6.07, 6.45) is 6.57. The van der Waals surface area contributed by atoms with Crippen LogP contribution < -0.4 is 4.90 Å². The van der Waals surface area contributed by atoms with E-state index in [0.29, 0.717) is 5.69 Å². The van der Waals surface area contributed by atoms with Gasteiger partial charge in [0.2, 0.25) is 0 Å². The normalized spacial score (nSPS) is 9.33. The average molecular weight is 248 g/mol. The van der Waals surface area contributed by atoms with E-state index in [1.807, 2.05) is 0 Å². The number of rotatable bonds is 5. The fourth-order valence-electron chi connectivity index (χ4n) is 1.34. The Morgan fingerprint density at radius 3 is 2.89 bits per heavy atom. The number of anilines is 1. The topological polar surface area (TPSA) is 79.7 Å². The molecule has 0 atom stereocenters. The van der Waals surface area contributed by atoms with Crippen LogP contribution in [-0.2, 0) is 9.53 Å². The first-order valence-electron chi connectivity index (χ1n) is 5.03. The number of aromatic nitrogens is 1. The van der Waals surface area contributed by atoms with Gasteiger partial charge in [0.05, 0.1) is 13.7 Å². The van der Waals surface area contributed by atoms with Gasteiger partial charge in [0.1, 0.15) is 12.2 Å². The first kappa shape index (κ1) is 13.5. The third kappa shape index (κ3) is 3.49. The predicted octanol–water partition coefficient (Wildman–Crippen LogP) is 0.392. The van der Waals surface area contributed by atoms with Crippen LogP contribution in [0.25, 0.3) is 0 Å². The molecule has 0 saturated carbocycles. The van der Waals surface area contributed by atoms with Crippen LogP contribution in [0.1, 0.15) is 10.5 Å². The lowest BCUT2D eigenvalue weighted by Gasteiger charge is -2.20. The molecule has 0 bridgehead atoms. The quantitative estimate of drug-likeness (QED) is 0.600. The second-order valence-electron chi connectivity index (χ2n) is 3.34. The molecule has 1 heterocycles. The van der Waals surface area contributed by atoms with Gasteiger partial charge >= 0.3 is 11.9 Å². The molecule has 1 aromatic heterocycles. The van der Waals surface area contributed by atoms with E-state index in [1.54, 1.807) is 6.07 Å². The van der Waals surface area contributed by atoms with E-state index >= 15 is 0 Å². The molecule has 0 spiro atoms. The number of carbonyl (C=O) groups excluding carboxylic acids is 1. The lowest BCUT2D eigenvalue weighted by atomic mass is 10.3. The maximum Gasteiger partial charge on any atom is 0.356 e. The number of methoxy groups -OCH3 is 1. The van der Waals surface area contributed by atoms with Crippen molar-refractivity contribution in [3.63, 3.8) is 0 Å². The Kier molecular flexibility index (Phi) is 4.69. The maximum atomic E-state index is 11.3. The first-order chi connectivity index (χ1) is 8.58. The van der Waals surface area contributed by atoms with Gasteiger partial charge in [0, 0.05) is 11.9 Å². The molecule has 1 N–H and O–H groups in total. The lowest BCUT2D eigenvalue weighted by Crippen LogP contribution is -2.30. The summed E-state index contributed by atoms with van der Waals surface area (Å²) >= 11 is 0. The Bertz CT molecular complexity index is 493. The second kappa shape index (κ2) is 6.25. The molecule has 94 valence electrons. The van der Waals surface area contributed by atoms with Crippen LogP contribution >= 0.6 is 0 Å². The largest absolute Gasteiger partial charge is 0.480 e. The first-order valence-corrected chi connectivity index (χ1v) is 5.03. The number of nitrogens with zero attached hydrogens (tertiary/aromatic N) is 2. The average Bonchev–Trinajstić information content (AvgIpc) is 2.37. The highest BCUT2D eigenvalue weighted by Gasteiger charge is 2.13. The van der Waals surface area contributed by atoms with E-state index in [4.69, 9.17) is 11.5 Å². The molecule has 0 radical (unpaired) electrons. The molecule has 1 rings (SSSR count). The molecule has 0 aromatic carbocycles. The molecule has 0 saturated heterocycles. The van der Waals surface area contributed by atoms with E-state index < -0.39 is 11.9 Å². The zero-order valence-electron chi connectivity index (χ0n) is 9.79. The van der Waals surface area contributed by atoms with Gasteiger partial charge in [-0.05, 0) is 12.1 Å². The lowest BCUT2D eigenvalue weighted by molar-refractivity contribution is -0.135. The van der Waals surface area contributed by atoms with Gasteiger partial charge < -0.3 is 14.7 Å². The molecule has 0 aliphatic rings. The van der Waals surface area contributed by atoms with Crippen molar-refractivity contribution in [1.82, 2.24) is 4.98 Å². The van der Waals surface area contributed by atoms with E-state index in [-0.39, 0.29) is 18.8 Å². The zero-order chi connectivity index (χ0) is 13.5. The summed E-state index contributed by atoms with van der Waals surface area (Å²) in [6.45, 7) is -0.133. The van der Waals surface area contributed by atoms with E-state index in [0.717, 1.165) is 0 Å². The van der Waals surface area contributed by atoms with Crippen molar-refractivity contribution >= 4 is 17.6 Å². The van der Waals surface area contributed by atoms with E-state index in [9.17, 15) is 9.59 Å². The van der Waals surface area contributed by atoms with E-state index in [2.05, 4.69) is 15.6 Å². The Hall–Kier alpha value is -2.55. The Morgan fingerprint density at radius 2 is 2.33 bits per heavy atom. The van der Waals surface area contributed by atoms with Crippen LogP contribution in [0.5, 0.6) is 0 Å². The molecular weight excluding hydrogens is 236 g/mol. The van der Waals surface area contributed by atoms with Gasteiger partial charge in [0.25, 0.3) is 0 Å². The smallest absolute Gasteiger partial charge is 0.356 e. The molecule has 18 heavy (non-hydrogen) atoms. The zero-order valence-corrected chi connectivity index (χ0v) is 9.79. The molecular formula is C12H12N2O4. The van der Waals surface area contributed by atoms with Crippen LogP contribution in [-0.4, -0.2) is 42.2 Å². The third-order valence-electron chi connectivity index (χ3n) is 2.11. The number of carboxylic acid groups (broad SMARTS) is 1. The number of terminal acetylenes is 1. The van der Waals surface area contributed by atoms with Gasteiger partial charge in [-0.2, -0.15) is 0 Å². The van der Waals surface area contributed by atoms with Crippen molar-refractivity contribution in [3.05, 3.63) is 24.0 Å². The van der Waals surface area contributed by atoms with Crippen LogP contribution in [0.4, 0.5) is 5.69 Å². The van der Waals surface area contributed by atoms with E-state index in [1.165, 1.54) is 24.3 Å². The number of hydrogen-bond donors (Lipinski definition) is 1. The number of carbonyl (C=O) groups is 2. The van der Waals surface area contributed by atoms with Gasteiger partial charge in [-0.1, -0.05) is 5.92 Å². The molecule has 6 nitrogen and oxygen atoms in total. The van der Waals surface area contributed by atoms with Gasteiger partial charge in [0.15, 0.2) is 0 Å². The highest BCUT2D eigenvalue weighted by Crippen LogP contribution is 2.14. The Morgan fingerprint density at radius 1 is 1.61 bits per heavy atom. The second-order valence-corrected chi connectivity index (χ2v) is 3.34. The highest BCUT2D eigenvalue weighted by molar-refractivity contribution is 5.88. The number of carboxylic acids is 1. The van der Waals surface area contributed by atoms with Gasteiger partial charge in [-0.25, -0.2) is 9.78 Å². The molecule has 0 aliphatic carbocycles. The van der Waals surface area contributed by atoms with Crippen LogP contribution in [0.3, 0.4) is 0 Å².